The summed E-state index contributed by atoms with van der Waals surface area (Å²) >= 11 is 6.09. The summed E-state index contributed by atoms with van der Waals surface area (Å²) in [7, 11) is 1.94. The van der Waals surface area contributed by atoms with Gasteiger partial charge < -0.3 is 10.6 Å². The van der Waals surface area contributed by atoms with Crippen LogP contribution in [-0.2, 0) is 4.79 Å². The lowest BCUT2D eigenvalue weighted by atomic mass is 9.97. The first-order valence-electron chi connectivity index (χ1n) is 4.87. The second-order valence-electron chi connectivity index (χ2n) is 3.78. The SMILES string of the molecule is CN1CC(C(=O)CN)c2cccc(Cl)c21. The first-order valence-corrected chi connectivity index (χ1v) is 5.25. The molecule has 1 aromatic carbocycles. The molecule has 0 fully saturated rings. The van der Waals surface area contributed by atoms with E-state index in [0.717, 1.165) is 11.3 Å². The predicted octanol–water partition coefficient (Wildman–Crippen LogP) is 1.40. The van der Waals surface area contributed by atoms with E-state index in [-0.39, 0.29) is 18.2 Å². The van der Waals surface area contributed by atoms with Gasteiger partial charge in [0, 0.05) is 13.6 Å². The normalized spacial score (nSPS) is 19.1. The molecule has 2 rings (SSSR count). The first kappa shape index (κ1) is 10.5. The van der Waals surface area contributed by atoms with Crippen molar-refractivity contribution in [2.24, 2.45) is 5.73 Å². The fraction of sp³-hybridized carbons (Fsp3) is 0.364. The Morgan fingerprint density at radius 3 is 3.07 bits per heavy atom. The summed E-state index contributed by atoms with van der Waals surface area (Å²) in [4.78, 5) is 13.6. The molecule has 0 radical (unpaired) electrons. The van der Waals surface area contributed by atoms with Crippen molar-refractivity contribution in [3.8, 4) is 0 Å². The molecule has 0 aromatic heterocycles. The third kappa shape index (κ3) is 1.62. The molecule has 1 atom stereocenters. The molecule has 1 aliphatic heterocycles. The van der Waals surface area contributed by atoms with E-state index in [1.165, 1.54) is 0 Å². The van der Waals surface area contributed by atoms with E-state index in [2.05, 4.69) is 0 Å². The number of carbonyl (C=O) groups excluding carboxylic acids is 1. The Morgan fingerprint density at radius 1 is 1.67 bits per heavy atom. The maximum atomic E-state index is 11.6. The Balaban J connectivity index is 2.47. The van der Waals surface area contributed by atoms with Crippen LogP contribution >= 0.6 is 11.6 Å². The highest BCUT2D eigenvalue weighted by Crippen LogP contribution is 2.40. The molecule has 3 nitrogen and oxygen atoms in total. The van der Waals surface area contributed by atoms with Gasteiger partial charge in [-0.15, -0.1) is 0 Å². The summed E-state index contributed by atoms with van der Waals surface area (Å²) < 4.78 is 0. The first-order chi connectivity index (χ1) is 7.15. The van der Waals surface area contributed by atoms with E-state index in [1.807, 2.05) is 30.1 Å². The maximum Gasteiger partial charge on any atom is 0.155 e. The number of ketones is 1. The molecule has 1 unspecified atom stereocenters. The van der Waals surface area contributed by atoms with Crippen LogP contribution in [0.4, 0.5) is 5.69 Å². The highest BCUT2D eigenvalue weighted by Gasteiger charge is 2.32. The van der Waals surface area contributed by atoms with Gasteiger partial charge in [0.05, 0.1) is 23.2 Å². The summed E-state index contributed by atoms with van der Waals surface area (Å²) in [6.07, 6.45) is 0. The summed E-state index contributed by atoms with van der Waals surface area (Å²) in [5.41, 5.74) is 7.36. The number of Topliss-reactive ketones (excluding diaryl/α,β-unsaturated/α-hetero) is 1. The topological polar surface area (TPSA) is 46.3 Å². The van der Waals surface area contributed by atoms with Gasteiger partial charge in [0.25, 0.3) is 0 Å². The lowest BCUT2D eigenvalue weighted by Gasteiger charge is -2.12. The van der Waals surface area contributed by atoms with Gasteiger partial charge in [-0.3, -0.25) is 4.79 Å². The van der Waals surface area contributed by atoms with E-state index in [0.29, 0.717) is 11.6 Å². The van der Waals surface area contributed by atoms with Crippen LogP contribution in [0.25, 0.3) is 0 Å². The standard InChI is InChI=1S/C11H13ClN2O/c1-14-6-8(10(15)5-13)7-3-2-4-9(12)11(7)14/h2-4,8H,5-6,13H2,1H3. The number of likely N-dealkylation sites (N-methyl/N-ethyl adjacent to an activating group) is 1. The molecule has 0 bridgehead atoms. The highest BCUT2D eigenvalue weighted by atomic mass is 35.5. The van der Waals surface area contributed by atoms with E-state index >= 15 is 0 Å². The van der Waals surface area contributed by atoms with Crippen molar-refractivity contribution in [1.82, 2.24) is 0 Å². The average Bonchev–Trinajstić information content (AvgIpc) is 2.56. The Morgan fingerprint density at radius 2 is 2.40 bits per heavy atom. The molecule has 0 saturated heterocycles. The second kappa shape index (κ2) is 3.83. The fourth-order valence-corrected chi connectivity index (χ4v) is 2.42. The minimum Gasteiger partial charge on any atom is -0.372 e. The van der Waals surface area contributed by atoms with E-state index in [9.17, 15) is 4.79 Å². The van der Waals surface area contributed by atoms with Crippen LogP contribution in [0.3, 0.4) is 0 Å². The molecule has 0 amide bonds. The van der Waals surface area contributed by atoms with Gasteiger partial charge in [-0.05, 0) is 11.6 Å². The van der Waals surface area contributed by atoms with E-state index in [1.54, 1.807) is 0 Å². The Kier molecular flexibility index (Phi) is 2.67. The Bertz CT molecular complexity index is 406. The number of anilines is 1. The summed E-state index contributed by atoms with van der Waals surface area (Å²) in [5.74, 6) is -0.0448. The van der Waals surface area contributed by atoms with E-state index < -0.39 is 0 Å². The second-order valence-corrected chi connectivity index (χ2v) is 4.19. The smallest absolute Gasteiger partial charge is 0.155 e. The van der Waals surface area contributed by atoms with Crippen LogP contribution in [0, 0.1) is 0 Å². The third-order valence-corrected chi connectivity index (χ3v) is 3.13. The van der Waals surface area contributed by atoms with E-state index in [4.69, 9.17) is 17.3 Å². The van der Waals surface area contributed by atoms with Crippen molar-refractivity contribution in [3.05, 3.63) is 28.8 Å². The molecular weight excluding hydrogens is 212 g/mol. The van der Waals surface area contributed by atoms with Crippen LogP contribution < -0.4 is 10.6 Å². The number of halogens is 1. The number of hydrogen-bond donors (Lipinski definition) is 1. The number of para-hydroxylation sites is 1. The molecule has 4 heteroatoms. The summed E-state index contributed by atoms with van der Waals surface area (Å²) in [6.45, 7) is 0.763. The largest absolute Gasteiger partial charge is 0.372 e. The van der Waals surface area contributed by atoms with Gasteiger partial charge in [0.15, 0.2) is 5.78 Å². The number of fused-ring (bicyclic) bond motifs is 1. The summed E-state index contributed by atoms with van der Waals surface area (Å²) in [6, 6.07) is 5.66. The molecule has 0 aliphatic carbocycles. The average molecular weight is 225 g/mol. The van der Waals surface area contributed by atoms with Gasteiger partial charge in [-0.2, -0.15) is 0 Å². The Labute approximate surface area is 93.8 Å². The van der Waals surface area contributed by atoms with Gasteiger partial charge in [-0.25, -0.2) is 0 Å². The van der Waals surface area contributed by atoms with Crippen molar-refractivity contribution in [1.29, 1.82) is 0 Å². The van der Waals surface area contributed by atoms with Gasteiger partial charge >= 0.3 is 0 Å². The van der Waals surface area contributed by atoms with Crippen LogP contribution in [-0.4, -0.2) is 25.9 Å². The van der Waals surface area contributed by atoms with Crippen LogP contribution in [0.1, 0.15) is 11.5 Å². The lowest BCUT2D eigenvalue weighted by Crippen LogP contribution is -2.25. The highest BCUT2D eigenvalue weighted by molar-refractivity contribution is 6.33. The molecule has 0 saturated carbocycles. The fourth-order valence-electron chi connectivity index (χ4n) is 2.10. The molecule has 1 heterocycles. The molecule has 0 spiro atoms. The zero-order valence-corrected chi connectivity index (χ0v) is 9.29. The quantitative estimate of drug-likeness (QED) is 0.826. The Hall–Kier alpha value is -1.06. The number of benzene rings is 1. The van der Waals surface area contributed by atoms with Crippen LogP contribution in [0.5, 0.6) is 0 Å². The lowest BCUT2D eigenvalue weighted by molar-refractivity contribution is -0.118. The molecule has 1 aromatic rings. The van der Waals surface area contributed by atoms with Crippen molar-refractivity contribution < 1.29 is 4.79 Å². The number of nitrogens with zero attached hydrogens (tertiary/aromatic N) is 1. The molecule has 80 valence electrons. The number of rotatable bonds is 2. The number of hydrogen-bond acceptors (Lipinski definition) is 3. The number of carbonyl (C=O) groups is 1. The zero-order chi connectivity index (χ0) is 11.0. The van der Waals surface area contributed by atoms with Crippen molar-refractivity contribution in [2.75, 3.05) is 25.0 Å². The summed E-state index contributed by atoms with van der Waals surface area (Å²) in [5, 5.41) is 0.697. The number of nitrogens with two attached hydrogens (primary N) is 1. The monoisotopic (exact) mass is 224 g/mol. The van der Waals surface area contributed by atoms with Crippen LogP contribution in [0.2, 0.25) is 5.02 Å². The molecule has 1 aliphatic rings. The minimum atomic E-state index is -0.117. The molecule has 15 heavy (non-hydrogen) atoms. The van der Waals surface area contributed by atoms with Gasteiger partial charge in [-0.1, -0.05) is 23.7 Å². The van der Waals surface area contributed by atoms with Gasteiger partial charge in [0.2, 0.25) is 0 Å². The predicted molar refractivity (Wildman–Crippen MR) is 61.5 cm³/mol. The zero-order valence-electron chi connectivity index (χ0n) is 8.53. The van der Waals surface area contributed by atoms with Crippen molar-refractivity contribution in [3.63, 3.8) is 0 Å². The molecular formula is C11H13ClN2O. The van der Waals surface area contributed by atoms with Crippen molar-refractivity contribution in [2.45, 2.75) is 5.92 Å². The van der Waals surface area contributed by atoms with Crippen LogP contribution in [0.15, 0.2) is 18.2 Å². The van der Waals surface area contributed by atoms with Gasteiger partial charge in [0.1, 0.15) is 0 Å². The maximum absolute atomic E-state index is 11.6. The molecule has 2 N–H and O–H groups in total. The third-order valence-electron chi connectivity index (χ3n) is 2.82. The van der Waals surface area contributed by atoms with Crippen molar-refractivity contribution >= 4 is 23.1 Å². The minimum absolute atomic E-state index is 0.0721.